The minimum Gasteiger partial charge on any atom is -0.340 e. The first-order valence-electron chi connectivity index (χ1n) is 13.0. The van der Waals surface area contributed by atoms with Gasteiger partial charge < -0.3 is 15.5 Å². The maximum atomic E-state index is 14.2. The topological polar surface area (TPSA) is 83.0 Å². The molecule has 9 heteroatoms. The van der Waals surface area contributed by atoms with Crippen molar-refractivity contribution in [3.63, 3.8) is 0 Å². The van der Waals surface area contributed by atoms with Crippen LogP contribution in [-0.4, -0.2) is 38.8 Å². The number of rotatable bonds is 7. The van der Waals surface area contributed by atoms with E-state index in [-0.39, 0.29) is 23.5 Å². The average molecular weight is 529 g/mol. The fraction of sp³-hybridized carbons (Fsp3) is 0.267. The van der Waals surface area contributed by atoms with Gasteiger partial charge in [-0.1, -0.05) is 6.92 Å². The van der Waals surface area contributed by atoms with Crippen LogP contribution in [0.4, 0.5) is 31.9 Å². The molecule has 1 aliphatic heterocycles. The lowest BCUT2D eigenvalue weighted by atomic mass is 9.81. The van der Waals surface area contributed by atoms with Crippen LogP contribution in [0, 0.1) is 24.5 Å². The number of piperidine rings is 1. The van der Waals surface area contributed by atoms with Crippen molar-refractivity contribution < 1.29 is 13.6 Å². The number of carbonyl (C=O) groups excluding carboxylic acids is 1. The van der Waals surface area contributed by atoms with Gasteiger partial charge in [-0.2, -0.15) is 4.98 Å². The second-order valence-electron chi connectivity index (χ2n) is 9.87. The molecule has 1 saturated heterocycles. The van der Waals surface area contributed by atoms with Crippen molar-refractivity contribution >= 4 is 29.0 Å². The molecule has 5 rings (SSSR count). The largest absolute Gasteiger partial charge is 0.340 e. The highest BCUT2D eigenvalue weighted by atomic mass is 19.1. The Morgan fingerprint density at radius 3 is 2.41 bits per heavy atom. The van der Waals surface area contributed by atoms with E-state index in [1.165, 1.54) is 12.3 Å². The predicted octanol–water partition coefficient (Wildman–Crippen LogP) is 6.60. The summed E-state index contributed by atoms with van der Waals surface area (Å²) in [6.45, 7) is 5.03. The van der Waals surface area contributed by atoms with Crippen LogP contribution in [-0.2, 0) is 0 Å². The van der Waals surface area contributed by atoms with Gasteiger partial charge in [-0.3, -0.25) is 9.78 Å². The summed E-state index contributed by atoms with van der Waals surface area (Å²) >= 11 is 0. The zero-order chi connectivity index (χ0) is 27.4. The summed E-state index contributed by atoms with van der Waals surface area (Å²) in [5.41, 5.74) is 3.31. The number of anilines is 4. The van der Waals surface area contributed by atoms with E-state index < -0.39 is 0 Å². The SMILES string of the molecule is Cc1cc(Nc2ccnc(Nc3ccc(C(=O)N4CCC(C(C)c5ccncc5F)CC4)cc3)n2)ccc1F. The van der Waals surface area contributed by atoms with Gasteiger partial charge in [0.15, 0.2) is 0 Å². The lowest BCUT2D eigenvalue weighted by molar-refractivity contribution is 0.0679. The number of aryl methyl sites for hydroxylation is 1. The van der Waals surface area contributed by atoms with Crippen molar-refractivity contribution in [2.45, 2.75) is 32.6 Å². The number of nitrogens with one attached hydrogen (secondary N) is 2. The molecule has 1 fully saturated rings. The smallest absolute Gasteiger partial charge is 0.253 e. The number of benzene rings is 2. The van der Waals surface area contributed by atoms with E-state index in [1.807, 2.05) is 24.0 Å². The molecule has 2 aromatic heterocycles. The zero-order valence-electron chi connectivity index (χ0n) is 21.9. The standard InChI is InChI=1S/C30H30F2N6O/c1-19-17-24(7-8-26(19)31)35-28-10-14-34-30(37-28)36-23-5-3-22(4-6-23)29(39)38-15-11-21(12-16-38)20(2)25-9-13-33-18-27(25)32/h3-10,13-14,17-18,20-21H,11-12,15-16H2,1-2H3,(H2,34,35,36,37). The second kappa shape index (κ2) is 11.6. The fourth-order valence-electron chi connectivity index (χ4n) is 4.98. The van der Waals surface area contributed by atoms with Crippen molar-refractivity contribution in [2.24, 2.45) is 5.92 Å². The third-order valence-electron chi connectivity index (χ3n) is 7.30. The Hall–Kier alpha value is -4.40. The molecular weight excluding hydrogens is 498 g/mol. The van der Waals surface area contributed by atoms with Crippen LogP contribution < -0.4 is 10.6 Å². The number of carbonyl (C=O) groups is 1. The fourth-order valence-corrected chi connectivity index (χ4v) is 4.98. The molecule has 4 aromatic rings. The highest BCUT2D eigenvalue weighted by Gasteiger charge is 2.28. The van der Waals surface area contributed by atoms with E-state index in [9.17, 15) is 13.6 Å². The first-order valence-corrected chi connectivity index (χ1v) is 13.0. The number of amides is 1. The molecule has 1 amide bonds. The van der Waals surface area contributed by atoms with Crippen LogP contribution in [0.15, 0.2) is 73.2 Å². The van der Waals surface area contributed by atoms with Gasteiger partial charge in [0.2, 0.25) is 5.95 Å². The van der Waals surface area contributed by atoms with E-state index in [0.717, 1.165) is 24.2 Å². The molecule has 3 heterocycles. The summed E-state index contributed by atoms with van der Waals surface area (Å²) in [5.74, 6) is 0.799. The van der Waals surface area contributed by atoms with Gasteiger partial charge in [-0.25, -0.2) is 13.8 Å². The summed E-state index contributed by atoms with van der Waals surface area (Å²) in [7, 11) is 0. The lowest BCUT2D eigenvalue weighted by Crippen LogP contribution is -2.39. The first kappa shape index (κ1) is 26.2. The van der Waals surface area contributed by atoms with Crippen LogP contribution in [0.2, 0.25) is 0 Å². The van der Waals surface area contributed by atoms with Gasteiger partial charge >= 0.3 is 0 Å². The maximum Gasteiger partial charge on any atom is 0.253 e. The zero-order valence-corrected chi connectivity index (χ0v) is 21.9. The van der Waals surface area contributed by atoms with E-state index in [0.29, 0.717) is 47.5 Å². The number of hydrogen-bond acceptors (Lipinski definition) is 6. The van der Waals surface area contributed by atoms with Gasteiger partial charge in [0.05, 0.1) is 6.20 Å². The molecule has 7 nitrogen and oxygen atoms in total. The van der Waals surface area contributed by atoms with Crippen molar-refractivity contribution in [3.05, 3.63) is 102 Å². The third kappa shape index (κ3) is 6.19. The molecule has 0 radical (unpaired) electrons. The molecular formula is C30H30F2N6O. The maximum absolute atomic E-state index is 14.2. The molecule has 2 aromatic carbocycles. The summed E-state index contributed by atoms with van der Waals surface area (Å²) in [6.07, 6.45) is 6.17. The molecule has 0 spiro atoms. The van der Waals surface area contributed by atoms with E-state index in [1.54, 1.807) is 55.7 Å². The summed E-state index contributed by atoms with van der Waals surface area (Å²) in [6, 6.07) is 15.5. The number of hydrogen-bond donors (Lipinski definition) is 2. The summed E-state index contributed by atoms with van der Waals surface area (Å²) < 4.78 is 27.7. The Morgan fingerprint density at radius 1 is 0.949 bits per heavy atom. The van der Waals surface area contributed by atoms with Gasteiger partial charge in [-0.05, 0) is 97.3 Å². The van der Waals surface area contributed by atoms with E-state index >= 15 is 0 Å². The Morgan fingerprint density at radius 2 is 1.69 bits per heavy atom. The van der Waals surface area contributed by atoms with Gasteiger partial charge in [0.25, 0.3) is 5.91 Å². The van der Waals surface area contributed by atoms with Crippen molar-refractivity contribution in [3.8, 4) is 0 Å². The van der Waals surface area contributed by atoms with Crippen molar-refractivity contribution in [1.82, 2.24) is 19.9 Å². The highest BCUT2D eigenvalue weighted by molar-refractivity contribution is 5.94. The highest BCUT2D eigenvalue weighted by Crippen LogP contribution is 2.33. The number of likely N-dealkylation sites (tertiary alicyclic amines) is 1. The van der Waals surface area contributed by atoms with Crippen molar-refractivity contribution in [1.29, 1.82) is 0 Å². The predicted molar refractivity (Wildman–Crippen MR) is 147 cm³/mol. The number of halogens is 2. The Bertz CT molecular complexity index is 1450. The van der Waals surface area contributed by atoms with E-state index in [2.05, 4.69) is 25.6 Å². The molecule has 1 aliphatic rings. The molecule has 1 atom stereocenters. The normalized spacial score (nSPS) is 14.6. The Balaban J connectivity index is 1.17. The first-order chi connectivity index (χ1) is 18.9. The molecule has 39 heavy (non-hydrogen) atoms. The minimum absolute atomic E-state index is 0.0141. The van der Waals surface area contributed by atoms with Gasteiger partial charge in [-0.15, -0.1) is 0 Å². The van der Waals surface area contributed by atoms with Gasteiger partial charge in [0.1, 0.15) is 17.5 Å². The summed E-state index contributed by atoms with van der Waals surface area (Å²) in [4.78, 5) is 27.6. The molecule has 0 bridgehead atoms. The van der Waals surface area contributed by atoms with Crippen LogP contribution >= 0.6 is 0 Å². The molecule has 200 valence electrons. The number of nitrogens with zero attached hydrogens (tertiary/aromatic N) is 4. The quantitative estimate of drug-likeness (QED) is 0.281. The second-order valence-corrected chi connectivity index (χ2v) is 9.87. The van der Waals surface area contributed by atoms with Crippen LogP contribution in [0.25, 0.3) is 0 Å². The molecule has 2 N–H and O–H groups in total. The number of aromatic nitrogens is 3. The third-order valence-corrected chi connectivity index (χ3v) is 7.30. The lowest BCUT2D eigenvalue weighted by Gasteiger charge is -2.35. The van der Waals surface area contributed by atoms with E-state index in [4.69, 9.17) is 0 Å². The molecule has 1 unspecified atom stereocenters. The molecule has 0 aliphatic carbocycles. The van der Waals surface area contributed by atoms with Crippen LogP contribution in [0.5, 0.6) is 0 Å². The summed E-state index contributed by atoms with van der Waals surface area (Å²) in [5, 5.41) is 6.30. The average Bonchev–Trinajstić information content (AvgIpc) is 2.95. The van der Waals surface area contributed by atoms with Crippen molar-refractivity contribution in [2.75, 3.05) is 23.7 Å². The Labute approximate surface area is 226 Å². The molecule has 0 saturated carbocycles. The van der Waals surface area contributed by atoms with Crippen LogP contribution in [0.3, 0.4) is 0 Å². The van der Waals surface area contributed by atoms with Crippen LogP contribution in [0.1, 0.15) is 47.2 Å². The minimum atomic E-state index is -0.270. The number of pyridine rings is 1. The monoisotopic (exact) mass is 528 g/mol. The Kier molecular flexibility index (Phi) is 7.76. The van der Waals surface area contributed by atoms with Gasteiger partial charge in [0, 0.05) is 42.4 Å².